The Kier molecular flexibility index (Phi) is 5.27. The van der Waals surface area contributed by atoms with Crippen molar-refractivity contribution in [2.45, 2.75) is 46.8 Å². The molecule has 0 bridgehead atoms. The molecule has 0 amide bonds. The molecule has 1 unspecified atom stereocenters. The smallest absolute Gasteiger partial charge is 0.0739 e. The van der Waals surface area contributed by atoms with Crippen molar-refractivity contribution in [3.05, 3.63) is 39.9 Å². The number of aryl methyl sites for hydroxylation is 2. The van der Waals surface area contributed by atoms with Crippen LogP contribution in [0, 0.1) is 12.8 Å². The zero-order chi connectivity index (χ0) is 15.6. The molecule has 0 aliphatic carbocycles. The van der Waals surface area contributed by atoms with Crippen LogP contribution < -0.4 is 5.32 Å². The third kappa shape index (κ3) is 3.40. The van der Waals surface area contributed by atoms with E-state index in [9.17, 15) is 0 Å². The van der Waals surface area contributed by atoms with Crippen molar-refractivity contribution < 1.29 is 0 Å². The second kappa shape index (κ2) is 6.79. The van der Waals surface area contributed by atoms with Gasteiger partial charge in [-0.2, -0.15) is 5.10 Å². The van der Waals surface area contributed by atoms with Crippen molar-refractivity contribution >= 4 is 15.9 Å². The highest BCUT2D eigenvalue weighted by Crippen LogP contribution is 2.24. The summed E-state index contributed by atoms with van der Waals surface area (Å²) in [5, 5.41) is 7.95. The molecular formula is C16H25BrN4. The molecule has 0 saturated heterocycles. The molecule has 0 spiro atoms. The monoisotopic (exact) mass is 352 g/mol. The average molecular weight is 353 g/mol. The largest absolute Gasteiger partial charge is 0.348 e. The number of aromatic nitrogens is 3. The van der Waals surface area contributed by atoms with Crippen LogP contribution in [0.15, 0.2) is 22.9 Å². The molecule has 2 rings (SSSR count). The van der Waals surface area contributed by atoms with Crippen LogP contribution in [-0.2, 0) is 13.1 Å². The van der Waals surface area contributed by atoms with Crippen molar-refractivity contribution in [2.24, 2.45) is 5.92 Å². The molecule has 2 heterocycles. The van der Waals surface area contributed by atoms with Crippen LogP contribution in [0.1, 0.15) is 43.8 Å². The van der Waals surface area contributed by atoms with E-state index >= 15 is 0 Å². The van der Waals surface area contributed by atoms with Crippen LogP contribution in [0.25, 0.3) is 0 Å². The van der Waals surface area contributed by atoms with Gasteiger partial charge in [0.1, 0.15) is 0 Å². The minimum Gasteiger partial charge on any atom is -0.348 e. The molecule has 5 heteroatoms. The van der Waals surface area contributed by atoms with E-state index in [1.165, 1.54) is 11.3 Å². The molecule has 116 valence electrons. The van der Waals surface area contributed by atoms with E-state index in [2.05, 4.69) is 74.8 Å². The summed E-state index contributed by atoms with van der Waals surface area (Å²) in [5.41, 5.74) is 3.61. The quantitative estimate of drug-likeness (QED) is 0.859. The van der Waals surface area contributed by atoms with E-state index in [4.69, 9.17) is 0 Å². The molecule has 0 aliphatic heterocycles. The Morgan fingerprint density at radius 1 is 1.38 bits per heavy atom. The van der Waals surface area contributed by atoms with Crippen LogP contribution in [0.3, 0.4) is 0 Å². The zero-order valence-electron chi connectivity index (χ0n) is 13.5. The van der Waals surface area contributed by atoms with Crippen LogP contribution in [0.2, 0.25) is 0 Å². The molecule has 4 nitrogen and oxygen atoms in total. The van der Waals surface area contributed by atoms with Crippen LogP contribution >= 0.6 is 15.9 Å². The first-order valence-electron chi connectivity index (χ1n) is 7.52. The molecule has 0 radical (unpaired) electrons. The first kappa shape index (κ1) is 16.3. The second-order valence-corrected chi connectivity index (χ2v) is 6.58. The summed E-state index contributed by atoms with van der Waals surface area (Å²) in [6.45, 7) is 10.4. The molecule has 0 fully saturated rings. The Bertz CT molecular complexity index is 597. The van der Waals surface area contributed by atoms with Gasteiger partial charge in [0.25, 0.3) is 0 Å². The Morgan fingerprint density at radius 2 is 2.10 bits per heavy atom. The first-order valence-corrected chi connectivity index (χ1v) is 8.31. The van der Waals surface area contributed by atoms with Crippen molar-refractivity contribution in [3.8, 4) is 0 Å². The molecule has 2 aromatic heterocycles. The highest BCUT2D eigenvalue weighted by Gasteiger charge is 2.16. The molecule has 0 saturated carbocycles. The van der Waals surface area contributed by atoms with Gasteiger partial charge < -0.3 is 9.88 Å². The van der Waals surface area contributed by atoms with Crippen molar-refractivity contribution in [1.29, 1.82) is 0 Å². The Hall–Kier alpha value is -1.07. The van der Waals surface area contributed by atoms with Gasteiger partial charge in [0, 0.05) is 25.0 Å². The normalized spacial score (nSPS) is 13.1. The lowest BCUT2D eigenvalue weighted by molar-refractivity contribution is 0.442. The summed E-state index contributed by atoms with van der Waals surface area (Å²) in [4.78, 5) is 0. The van der Waals surface area contributed by atoms with Gasteiger partial charge in [0.05, 0.1) is 22.4 Å². The fourth-order valence-electron chi connectivity index (χ4n) is 2.82. The van der Waals surface area contributed by atoms with Crippen LogP contribution in [-0.4, -0.2) is 21.4 Å². The fraction of sp³-hybridized carbons (Fsp3) is 0.562. The second-order valence-electron chi connectivity index (χ2n) is 5.79. The number of hydrogen-bond donors (Lipinski definition) is 1. The Balaban J connectivity index is 2.24. The van der Waals surface area contributed by atoms with E-state index in [1.807, 2.05) is 14.0 Å². The molecule has 1 N–H and O–H groups in total. The minimum absolute atomic E-state index is 0.396. The molecule has 0 aliphatic rings. The van der Waals surface area contributed by atoms with Crippen molar-refractivity contribution in [2.75, 3.05) is 7.05 Å². The van der Waals surface area contributed by atoms with E-state index in [0.717, 1.165) is 23.3 Å². The number of nitrogens with one attached hydrogen (secondary N) is 1. The number of rotatable bonds is 6. The Morgan fingerprint density at radius 3 is 2.67 bits per heavy atom. The number of nitrogens with zero attached hydrogens (tertiary/aromatic N) is 3. The highest BCUT2D eigenvalue weighted by atomic mass is 79.9. The van der Waals surface area contributed by atoms with Crippen molar-refractivity contribution in [3.63, 3.8) is 0 Å². The van der Waals surface area contributed by atoms with Crippen molar-refractivity contribution in [1.82, 2.24) is 19.7 Å². The molecule has 1 atom stereocenters. The minimum atomic E-state index is 0.396. The van der Waals surface area contributed by atoms with E-state index in [1.54, 1.807) is 0 Å². The average Bonchev–Trinajstić information content (AvgIpc) is 2.99. The molecule has 2 aromatic rings. The van der Waals surface area contributed by atoms with E-state index in [-0.39, 0.29) is 0 Å². The maximum atomic E-state index is 4.56. The van der Waals surface area contributed by atoms with E-state index < -0.39 is 0 Å². The van der Waals surface area contributed by atoms with Gasteiger partial charge in [-0.1, -0.05) is 13.8 Å². The highest BCUT2D eigenvalue weighted by molar-refractivity contribution is 9.10. The molecule has 21 heavy (non-hydrogen) atoms. The van der Waals surface area contributed by atoms with Gasteiger partial charge in [-0.15, -0.1) is 0 Å². The summed E-state index contributed by atoms with van der Waals surface area (Å²) in [7, 11) is 2.02. The summed E-state index contributed by atoms with van der Waals surface area (Å²) in [6.07, 6.45) is 4.38. The third-order valence-electron chi connectivity index (χ3n) is 3.90. The lowest BCUT2D eigenvalue weighted by Crippen LogP contribution is -2.21. The summed E-state index contributed by atoms with van der Waals surface area (Å²) in [5.74, 6) is 0.570. The standard InChI is InChI=1S/C16H25BrN4/c1-6-21-14(15(17)12(4)19-21)10-20-8-7-13(9-20)16(18-5)11(2)3/h7-9,11,16,18H,6,10H2,1-5H3. The van der Waals surface area contributed by atoms with Gasteiger partial charge in [0.15, 0.2) is 0 Å². The van der Waals surface area contributed by atoms with Gasteiger partial charge in [-0.05, 0) is 54.4 Å². The zero-order valence-corrected chi connectivity index (χ0v) is 15.1. The summed E-state index contributed by atoms with van der Waals surface area (Å²) >= 11 is 3.66. The topological polar surface area (TPSA) is 34.8 Å². The predicted octanol–water partition coefficient (Wildman–Crippen LogP) is 3.74. The van der Waals surface area contributed by atoms with Gasteiger partial charge in [0.2, 0.25) is 0 Å². The fourth-order valence-corrected chi connectivity index (χ4v) is 3.23. The predicted molar refractivity (Wildman–Crippen MR) is 90.5 cm³/mol. The lowest BCUT2D eigenvalue weighted by atomic mass is 9.99. The third-order valence-corrected chi connectivity index (χ3v) is 4.93. The SMILES string of the molecule is CCn1nc(C)c(Br)c1Cn1ccc(C(NC)C(C)C)c1. The lowest BCUT2D eigenvalue weighted by Gasteiger charge is -2.18. The number of halogens is 1. The molecule has 0 aromatic carbocycles. The number of hydrogen-bond acceptors (Lipinski definition) is 2. The Labute approximate surface area is 135 Å². The van der Waals surface area contributed by atoms with Crippen LogP contribution in [0.4, 0.5) is 0 Å². The summed E-state index contributed by atoms with van der Waals surface area (Å²) < 4.78 is 5.42. The van der Waals surface area contributed by atoms with Gasteiger partial charge >= 0.3 is 0 Å². The molecular weight excluding hydrogens is 328 g/mol. The van der Waals surface area contributed by atoms with Gasteiger partial charge in [-0.3, -0.25) is 4.68 Å². The van der Waals surface area contributed by atoms with Crippen LogP contribution in [0.5, 0.6) is 0 Å². The first-order chi connectivity index (χ1) is 9.97. The maximum Gasteiger partial charge on any atom is 0.0739 e. The maximum absolute atomic E-state index is 4.56. The summed E-state index contributed by atoms with van der Waals surface area (Å²) in [6, 6.07) is 2.60. The van der Waals surface area contributed by atoms with Gasteiger partial charge in [-0.25, -0.2) is 0 Å². The van der Waals surface area contributed by atoms with E-state index in [0.29, 0.717) is 12.0 Å².